The molecule has 0 aliphatic heterocycles. The molecule has 0 aliphatic rings. The first kappa shape index (κ1) is 15.9. The second-order valence-corrected chi connectivity index (χ2v) is 6.55. The monoisotopic (exact) mass is 287 g/mol. The van der Waals surface area contributed by atoms with Crippen LogP contribution in [-0.2, 0) is 16.6 Å². The maximum absolute atomic E-state index is 12.0. The highest BCUT2D eigenvalue weighted by Crippen LogP contribution is 2.14. The number of unbranched alkanes of at least 4 members (excludes halogenated alkanes) is 1. The van der Waals surface area contributed by atoms with E-state index in [1.165, 1.54) is 4.31 Å². The molecule has 0 amide bonds. The number of methoxy groups -OCH3 is 1. The van der Waals surface area contributed by atoms with Gasteiger partial charge in [-0.1, -0.05) is 12.1 Å². The summed E-state index contributed by atoms with van der Waals surface area (Å²) in [4.78, 5) is 0. The standard InChI is InChI=1S/C13H21NO4S/c1-14(19(16,17)10-4-3-9-15)11-12-5-7-13(18-2)8-6-12/h5-8,15H,3-4,9-11H2,1-2H3. The highest BCUT2D eigenvalue weighted by atomic mass is 32.2. The third kappa shape index (κ3) is 5.18. The van der Waals surface area contributed by atoms with Crippen molar-refractivity contribution >= 4 is 10.0 Å². The average Bonchev–Trinajstić information content (AvgIpc) is 2.39. The van der Waals surface area contributed by atoms with Crippen molar-refractivity contribution in [3.05, 3.63) is 29.8 Å². The number of hydrogen-bond acceptors (Lipinski definition) is 4. The zero-order valence-electron chi connectivity index (χ0n) is 11.4. The van der Waals surface area contributed by atoms with Crippen LogP contribution in [0.5, 0.6) is 5.75 Å². The SMILES string of the molecule is COc1ccc(CN(C)S(=O)(=O)CCCCO)cc1. The minimum atomic E-state index is -3.26. The second kappa shape index (κ2) is 7.47. The molecule has 1 rings (SSSR count). The first-order valence-electron chi connectivity index (χ1n) is 6.17. The van der Waals surface area contributed by atoms with Gasteiger partial charge in [0, 0.05) is 20.2 Å². The normalized spacial score (nSPS) is 11.8. The fraction of sp³-hybridized carbons (Fsp3) is 0.538. The molecule has 6 heteroatoms. The summed E-state index contributed by atoms with van der Waals surface area (Å²) in [5.41, 5.74) is 0.911. The molecule has 0 unspecified atom stereocenters. The summed E-state index contributed by atoms with van der Waals surface area (Å²) in [6.07, 6.45) is 0.987. The van der Waals surface area contributed by atoms with Crippen LogP contribution in [0.3, 0.4) is 0 Å². The van der Waals surface area contributed by atoms with Crippen molar-refractivity contribution in [1.29, 1.82) is 0 Å². The molecule has 19 heavy (non-hydrogen) atoms. The molecule has 0 radical (unpaired) electrons. The van der Waals surface area contributed by atoms with Gasteiger partial charge in [0.05, 0.1) is 12.9 Å². The van der Waals surface area contributed by atoms with Crippen LogP contribution < -0.4 is 4.74 Å². The number of aliphatic hydroxyl groups excluding tert-OH is 1. The summed E-state index contributed by atoms with van der Waals surface area (Å²) >= 11 is 0. The van der Waals surface area contributed by atoms with E-state index < -0.39 is 10.0 Å². The number of hydrogen-bond donors (Lipinski definition) is 1. The van der Waals surface area contributed by atoms with Gasteiger partial charge in [0.15, 0.2) is 0 Å². The molecule has 1 N–H and O–H groups in total. The van der Waals surface area contributed by atoms with E-state index >= 15 is 0 Å². The Morgan fingerprint density at radius 1 is 1.21 bits per heavy atom. The van der Waals surface area contributed by atoms with Crippen molar-refractivity contribution in [3.63, 3.8) is 0 Å². The number of aliphatic hydroxyl groups is 1. The van der Waals surface area contributed by atoms with E-state index in [2.05, 4.69) is 0 Å². The van der Waals surface area contributed by atoms with E-state index in [0.29, 0.717) is 19.4 Å². The van der Waals surface area contributed by atoms with E-state index in [4.69, 9.17) is 9.84 Å². The fourth-order valence-electron chi connectivity index (χ4n) is 1.64. The molecule has 0 heterocycles. The van der Waals surface area contributed by atoms with Crippen LogP contribution in [0.1, 0.15) is 18.4 Å². The predicted octanol–water partition coefficient (Wildman–Crippen LogP) is 1.23. The van der Waals surface area contributed by atoms with Crippen LogP contribution >= 0.6 is 0 Å². The number of ether oxygens (including phenoxy) is 1. The van der Waals surface area contributed by atoms with Gasteiger partial charge >= 0.3 is 0 Å². The molecule has 1 aromatic rings. The third-order valence-corrected chi connectivity index (χ3v) is 4.73. The average molecular weight is 287 g/mol. The van der Waals surface area contributed by atoms with E-state index in [1.54, 1.807) is 14.2 Å². The van der Waals surface area contributed by atoms with Crippen molar-refractivity contribution in [2.75, 3.05) is 26.5 Å². The summed E-state index contributed by atoms with van der Waals surface area (Å²) in [7, 11) is -0.0974. The van der Waals surface area contributed by atoms with Crippen molar-refractivity contribution in [2.45, 2.75) is 19.4 Å². The highest BCUT2D eigenvalue weighted by molar-refractivity contribution is 7.89. The molecule has 0 atom stereocenters. The van der Waals surface area contributed by atoms with Gasteiger partial charge in [0.25, 0.3) is 0 Å². The van der Waals surface area contributed by atoms with Crippen LogP contribution in [0, 0.1) is 0 Å². The van der Waals surface area contributed by atoms with Crippen LogP contribution in [-0.4, -0.2) is 44.3 Å². The summed E-state index contributed by atoms with van der Waals surface area (Å²) < 4.78 is 30.3. The zero-order chi connectivity index (χ0) is 14.3. The Labute approximate surface area is 114 Å². The first-order valence-corrected chi connectivity index (χ1v) is 7.78. The summed E-state index contributed by atoms with van der Waals surface area (Å²) in [6.45, 7) is 0.364. The molecule has 1 aromatic carbocycles. The van der Waals surface area contributed by atoms with Gasteiger partial charge in [-0.05, 0) is 30.5 Å². The van der Waals surface area contributed by atoms with Crippen LogP contribution in [0.25, 0.3) is 0 Å². The quantitative estimate of drug-likeness (QED) is 0.730. The van der Waals surface area contributed by atoms with Gasteiger partial charge in [0.2, 0.25) is 10.0 Å². The smallest absolute Gasteiger partial charge is 0.214 e. The maximum atomic E-state index is 12.0. The van der Waals surface area contributed by atoms with Crippen molar-refractivity contribution in [2.24, 2.45) is 0 Å². The molecule has 0 spiro atoms. The molecule has 5 nitrogen and oxygen atoms in total. The Bertz CT molecular complexity index is 470. The lowest BCUT2D eigenvalue weighted by atomic mass is 10.2. The van der Waals surface area contributed by atoms with Crippen LogP contribution in [0.2, 0.25) is 0 Å². The lowest BCUT2D eigenvalue weighted by Crippen LogP contribution is -2.28. The molecule has 108 valence electrons. The van der Waals surface area contributed by atoms with Gasteiger partial charge in [-0.3, -0.25) is 0 Å². The Balaban J connectivity index is 2.59. The highest BCUT2D eigenvalue weighted by Gasteiger charge is 2.17. The Morgan fingerprint density at radius 3 is 2.37 bits per heavy atom. The summed E-state index contributed by atoms with van der Waals surface area (Å²) in [5, 5.41) is 8.67. The second-order valence-electron chi connectivity index (χ2n) is 4.35. The largest absolute Gasteiger partial charge is 0.497 e. The van der Waals surface area contributed by atoms with Crippen molar-refractivity contribution < 1.29 is 18.3 Å². The van der Waals surface area contributed by atoms with Gasteiger partial charge in [-0.15, -0.1) is 0 Å². The van der Waals surface area contributed by atoms with Crippen LogP contribution in [0.15, 0.2) is 24.3 Å². The molecular formula is C13H21NO4S. The van der Waals surface area contributed by atoms with Gasteiger partial charge in [0.1, 0.15) is 5.75 Å². The first-order chi connectivity index (χ1) is 8.99. The fourth-order valence-corrected chi connectivity index (χ4v) is 2.86. The summed E-state index contributed by atoms with van der Waals surface area (Å²) in [6, 6.07) is 7.31. The third-order valence-electron chi connectivity index (χ3n) is 2.85. The topological polar surface area (TPSA) is 66.8 Å². The summed E-state index contributed by atoms with van der Waals surface area (Å²) in [5.74, 6) is 0.817. The minimum Gasteiger partial charge on any atom is -0.497 e. The molecular weight excluding hydrogens is 266 g/mol. The molecule has 0 aromatic heterocycles. The van der Waals surface area contributed by atoms with Gasteiger partial charge in [-0.2, -0.15) is 0 Å². The lowest BCUT2D eigenvalue weighted by Gasteiger charge is -2.17. The molecule has 0 fully saturated rings. The number of sulfonamides is 1. The van der Waals surface area contributed by atoms with E-state index in [-0.39, 0.29) is 12.4 Å². The van der Waals surface area contributed by atoms with E-state index in [1.807, 2.05) is 24.3 Å². The Kier molecular flexibility index (Phi) is 6.27. The zero-order valence-corrected chi connectivity index (χ0v) is 12.2. The van der Waals surface area contributed by atoms with Crippen molar-refractivity contribution in [1.82, 2.24) is 4.31 Å². The Morgan fingerprint density at radius 2 is 1.84 bits per heavy atom. The molecule has 0 saturated heterocycles. The van der Waals surface area contributed by atoms with Gasteiger partial charge in [-0.25, -0.2) is 12.7 Å². The number of benzene rings is 1. The van der Waals surface area contributed by atoms with Crippen LogP contribution in [0.4, 0.5) is 0 Å². The van der Waals surface area contributed by atoms with E-state index in [0.717, 1.165) is 11.3 Å². The maximum Gasteiger partial charge on any atom is 0.214 e. The Hall–Kier alpha value is -1.11. The molecule has 0 saturated carbocycles. The lowest BCUT2D eigenvalue weighted by molar-refractivity contribution is 0.287. The number of rotatable bonds is 8. The molecule has 0 aliphatic carbocycles. The van der Waals surface area contributed by atoms with Crippen molar-refractivity contribution in [3.8, 4) is 5.75 Å². The molecule has 0 bridgehead atoms. The minimum absolute atomic E-state index is 0.0255. The van der Waals surface area contributed by atoms with E-state index in [9.17, 15) is 8.42 Å². The predicted molar refractivity (Wildman–Crippen MR) is 74.6 cm³/mol. The number of nitrogens with zero attached hydrogens (tertiary/aromatic N) is 1. The van der Waals surface area contributed by atoms with Gasteiger partial charge < -0.3 is 9.84 Å².